The van der Waals surface area contributed by atoms with Crippen LogP contribution in [0.5, 0.6) is 0 Å². The van der Waals surface area contributed by atoms with Gasteiger partial charge < -0.3 is 14.4 Å². The SMILES string of the molecule is COCCC1CCN(C)CC1C(=O)OC. The Morgan fingerprint density at radius 3 is 2.80 bits per heavy atom. The van der Waals surface area contributed by atoms with Crippen molar-refractivity contribution in [3.8, 4) is 0 Å². The minimum Gasteiger partial charge on any atom is -0.469 e. The number of rotatable bonds is 4. The number of piperidine rings is 1. The van der Waals surface area contributed by atoms with Gasteiger partial charge >= 0.3 is 5.97 Å². The van der Waals surface area contributed by atoms with Gasteiger partial charge in [0.15, 0.2) is 0 Å². The van der Waals surface area contributed by atoms with Crippen LogP contribution in [0.2, 0.25) is 0 Å². The molecule has 0 aromatic heterocycles. The summed E-state index contributed by atoms with van der Waals surface area (Å²) in [4.78, 5) is 13.8. The number of methoxy groups -OCH3 is 2. The van der Waals surface area contributed by atoms with Gasteiger partial charge in [-0.05, 0) is 32.4 Å². The van der Waals surface area contributed by atoms with Gasteiger partial charge in [-0.25, -0.2) is 0 Å². The maximum absolute atomic E-state index is 11.6. The van der Waals surface area contributed by atoms with Crippen molar-refractivity contribution < 1.29 is 14.3 Å². The lowest BCUT2D eigenvalue weighted by molar-refractivity contribution is -0.149. The highest BCUT2D eigenvalue weighted by Crippen LogP contribution is 2.26. The van der Waals surface area contributed by atoms with Crippen molar-refractivity contribution in [2.24, 2.45) is 11.8 Å². The number of carbonyl (C=O) groups excluding carboxylic acids is 1. The Morgan fingerprint density at radius 2 is 2.20 bits per heavy atom. The van der Waals surface area contributed by atoms with Crippen LogP contribution in [0.1, 0.15) is 12.8 Å². The number of likely N-dealkylation sites (tertiary alicyclic amines) is 1. The quantitative estimate of drug-likeness (QED) is 0.649. The van der Waals surface area contributed by atoms with E-state index in [0.717, 1.165) is 32.5 Å². The molecule has 0 aromatic rings. The van der Waals surface area contributed by atoms with Crippen molar-refractivity contribution in [1.82, 2.24) is 4.90 Å². The summed E-state index contributed by atoms with van der Waals surface area (Å²) in [5.41, 5.74) is 0. The Bertz CT molecular complexity index is 206. The zero-order chi connectivity index (χ0) is 11.3. The van der Waals surface area contributed by atoms with E-state index in [4.69, 9.17) is 9.47 Å². The van der Waals surface area contributed by atoms with E-state index >= 15 is 0 Å². The predicted molar refractivity (Wildman–Crippen MR) is 57.6 cm³/mol. The van der Waals surface area contributed by atoms with Crippen LogP contribution in [-0.4, -0.2) is 51.8 Å². The van der Waals surface area contributed by atoms with E-state index < -0.39 is 0 Å². The molecular formula is C11H21NO3. The molecule has 2 unspecified atom stereocenters. The Hall–Kier alpha value is -0.610. The average molecular weight is 215 g/mol. The van der Waals surface area contributed by atoms with Crippen molar-refractivity contribution in [3.05, 3.63) is 0 Å². The molecule has 0 N–H and O–H groups in total. The molecule has 88 valence electrons. The van der Waals surface area contributed by atoms with Crippen LogP contribution in [0.15, 0.2) is 0 Å². The minimum absolute atomic E-state index is 0.0175. The van der Waals surface area contributed by atoms with E-state index in [2.05, 4.69) is 4.90 Å². The summed E-state index contributed by atoms with van der Waals surface area (Å²) in [6.45, 7) is 2.59. The van der Waals surface area contributed by atoms with Crippen LogP contribution in [-0.2, 0) is 14.3 Å². The molecule has 15 heavy (non-hydrogen) atoms. The van der Waals surface area contributed by atoms with Crippen LogP contribution >= 0.6 is 0 Å². The van der Waals surface area contributed by atoms with E-state index in [0.29, 0.717) is 5.92 Å². The molecule has 2 atom stereocenters. The van der Waals surface area contributed by atoms with Gasteiger partial charge in [0.2, 0.25) is 0 Å². The topological polar surface area (TPSA) is 38.8 Å². The van der Waals surface area contributed by atoms with Gasteiger partial charge in [0.25, 0.3) is 0 Å². The fraction of sp³-hybridized carbons (Fsp3) is 0.909. The molecule has 0 aromatic carbocycles. The van der Waals surface area contributed by atoms with E-state index in [1.807, 2.05) is 7.05 Å². The third-order valence-corrected chi connectivity index (χ3v) is 3.16. The van der Waals surface area contributed by atoms with Gasteiger partial charge in [-0.15, -0.1) is 0 Å². The molecule has 4 nitrogen and oxygen atoms in total. The van der Waals surface area contributed by atoms with Crippen molar-refractivity contribution in [2.75, 3.05) is 41.0 Å². The summed E-state index contributed by atoms with van der Waals surface area (Å²) in [5, 5.41) is 0. The second-order valence-corrected chi connectivity index (χ2v) is 4.22. The lowest BCUT2D eigenvalue weighted by atomic mass is 9.83. The van der Waals surface area contributed by atoms with Crippen molar-refractivity contribution in [1.29, 1.82) is 0 Å². The third kappa shape index (κ3) is 3.47. The fourth-order valence-corrected chi connectivity index (χ4v) is 2.20. The lowest BCUT2D eigenvalue weighted by Crippen LogP contribution is -2.42. The first kappa shape index (κ1) is 12.5. The third-order valence-electron chi connectivity index (χ3n) is 3.16. The molecule has 0 aliphatic carbocycles. The number of nitrogens with zero attached hydrogens (tertiary/aromatic N) is 1. The average Bonchev–Trinajstić information content (AvgIpc) is 2.26. The molecule has 0 radical (unpaired) electrons. The first-order chi connectivity index (χ1) is 7.19. The first-order valence-electron chi connectivity index (χ1n) is 5.44. The normalized spacial score (nSPS) is 27.7. The van der Waals surface area contributed by atoms with Crippen LogP contribution in [0.3, 0.4) is 0 Å². The van der Waals surface area contributed by atoms with Gasteiger partial charge in [-0.2, -0.15) is 0 Å². The molecule has 1 aliphatic heterocycles. The Morgan fingerprint density at radius 1 is 1.47 bits per heavy atom. The molecule has 1 heterocycles. The number of hydrogen-bond acceptors (Lipinski definition) is 4. The molecule has 0 spiro atoms. The Labute approximate surface area is 91.5 Å². The predicted octanol–water partition coefficient (Wildman–Crippen LogP) is 0.764. The largest absolute Gasteiger partial charge is 0.469 e. The number of ether oxygens (including phenoxy) is 2. The molecule has 0 amide bonds. The first-order valence-corrected chi connectivity index (χ1v) is 5.44. The molecule has 4 heteroatoms. The minimum atomic E-state index is -0.0809. The van der Waals surface area contributed by atoms with Crippen LogP contribution in [0.25, 0.3) is 0 Å². The van der Waals surface area contributed by atoms with Crippen LogP contribution in [0.4, 0.5) is 0 Å². The van der Waals surface area contributed by atoms with Crippen molar-refractivity contribution >= 4 is 5.97 Å². The maximum atomic E-state index is 11.6. The zero-order valence-electron chi connectivity index (χ0n) is 9.86. The van der Waals surface area contributed by atoms with E-state index in [1.165, 1.54) is 7.11 Å². The summed E-state index contributed by atoms with van der Waals surface area (Å²) < 4.78 is 9.91. The fourth-order valence-electron chi connectivity index (χ4n) is 2.20. The number of hydrogen-bond donors (Lipinski definition) is 0. The molecule has 1 aliphatic rings. The van der Waals surface area contributed by atoms with E-state index in [1.54, 1.807) is 7.11 Å². The highest BCUT2D eigenvalue weighted by Gasteiger charge is 2.33. The molecule has 1 rings (SSSR count). The molecule has 1 fully saturated rings. The molecule has 0 bridgehead atoms. The summed E-state index contributed by atoms with van der Waals surface area (Å²) in [5.74, 6) is 0.347. The van der Waals surface area contributed by atoms with Gasteiger partial charge in [0.05, 0.1) is 13.0 Å². The second kappa shape index (κ2) is 6.08. The standard InChI is InChI=1S/C11H21NO3/c1-12-6-4-9(5-7-14-2)10(8-12)11(13)15-3/h9-10H,4-8H2,1-3H3. The Kier molecular flexibility index (Phi) is 5.05. The highest BCUT2D eigenvalue weighted by atomic mass is 16.5. The maximum Gasteiger partial charge on any atom is 0.310 e. The van der Waals surface area contributed by atoms with Gasteiger partial charge in [-0.3, -0.25) is 4.79 Å². The molecule has 0 saturated carbocycles. The van der Waals surface area contributed by atoms with Gasteiger partial charge in [-0.1, -0.05) is 0 Å². The summed E-state index contributed by atoms with van der Waals surface area (Å²) >= 11 is 0. The van der Waals surface area contributed by atoms with Gasteiger partial charge in [0, 0.05) is 20.3 Å². The Balaban J connectivity index is 2.53. The molecular weight excluding hydrogens is 194 g/mol. The summed E-state index contributed by atoms with van der Waals surface area (Å²) in [6.07, 6.45) is 2.00. The van der Waals surface area contributed by atoms with Gasteiger partial charge in [0.1, 0.15) is 0 Å². The summed E-state index contributed by atoms with van der Waals surface area (Å²) in [6, 6.07) is 0. The smallest absolute Gasteiger partial charge is 0.310 e. The monoisotopic (exact) mass is 215 g/mol. The van der Waals surface area contributed by atoms with Crippen LogP contribution < -0.4 is 0 Å². The number of esters is 1. The van der Waals surface area contributed by atoms with Crippen LogP contribution in [0, 0.1) is 11.8 Å². The molecule has 1 saturated heterocycles. The van der Waals surface area contributed by atoms with E-state index in [-0.39, 0.29) is 11.9 Å². The second-order valence-electron chi connectivity index (χ2n) is 4.22. The van der Waals surface area contributed by atoms with Crippen molar-refractivity contribution in [3.63, 3.8) is 0 Å². The number of carbonyl (C=O) groups is 1. The van der Waals surface area contributed by atoms with Crippen molar-refractivity contribution in [2.45, 2.75) is 12.8 Å². The van der Waals surface area contributed by atoms with E-state index in [9.17, 15) is 4.79 Å². The summed E-state index contributed by atoms with van der Waals surface area (Å²) in [7, 11) is 5.20. The highest BCUT2D eigenvalue weighted by molar-refractivity contribution is 5.73. The zero-order valence-corrected chi connectivity index (χ0v) is 9.86. The lowest BCUT2D eigenvalue weighted by Gasteiger charge is -2.34.